The number of benzene rings is 1. The summed E-state index contributed by atoms with van der Waals surface area (Å²) in [4.78, 5) is 0. The zero-order chi connectivity index (χ0) is 11.4. The second-order valence-electron chi connectivity index (χ2n) is 5.25. The fourth-order valence-electron chi connectivity index (χ4n) is 2.52. The first kappa shape index (κ1) is 11.7. The van der Waals surface area contributed by atoms with Gasteiger partial charge in [0.2, 0.25) is 0 Å². The van der Waals surface area contributed by atoms with Crippen LogP contribution in [0.1, 0.15) is 37.3 Å². The largest absolute Gasteiger partial charge is 0.314 e. The van der Waals surface area contributed by atoms with E-state index in [1.165, 1.54) is 43.4 Å². The Morgan fingerprint density at radius 3 is 2.75 bits per heavy atom. The van der Waals surface area contributed by atoms with Gasteiger partial charge in [0, 0.05) is 6.04 Å². The third-order valence-corrected chi connectivity index (χ3v) is 3.79. The highest BCUT2D eigenvalue weighted by Gasteiger charge is 2.16. The average molecular weight is 217 g/mol. The molecule has 1 fully saturated rings. The standard InChI is InChI=1S/C15H23N/c1-12-7-9-15(16-11-12)10-8-14-6-4-3-5-13(14)2/h3-6,12,15-16H,7-11H2,1-2H3. The Bertz CT molecular complexity index is 324. The number of nitrogens with one attached hydrogen (secondary N) is 1. The lowest BCUT2D eigenvalue weighted by atomic mass is 9.92. The molecule has 1 heteroatoms. The van der Waals surface area contributed by atoms with Crippen LogP contribution in [0.25, 0.3) is 0 Å². The molecule has 1 nitrogen and oxygen atoms in total. The van der Waals surface area contributed by atoms with Gasteiger partial charge >= 0.3 is 0 Å². The Morgan fingerprint density at radius 2 is 2.06 bits per heavy atom. The summed E-state index contributed by atoms with van der Waals surface area (Å²) in [5.41, 5.74) is 2.95. The summed E-state index contributed by atoms with van der Waals surface area (Å²) >= 11 is 0. The molecular formula is C15H23N. The van der Waals surface area contributed by atoms with E-state index in [1.54, 1.807) is 0 Å². The summed E-state index contributed by atoms with van der Waals surface area (Å²) < 4.78 is 0. The van der Waals surface area contributed by atoms with Crippen molar-refractivity contribution in [2.24, 2.45) is 5.92 Å². The van der Waals surface area contributed by atoms with Crippen molar-refractivity contribution < 1.29 is 0 Å². The molecule has 0 amide bonds. The summed E-state index contributed by atoms with van der Waals surface area (Å²) in [7, 11) is 0. The highest BCUT2D eigenvalue weighted by Crippen LogP contribution is 2.18. The van der Waals surface area contributed by atoms with Crippen LogP contribution in [0.2, 0.25) is 0 Å². The molecule has 0 spiro atoms. The molecule has 88 valence electrons. The number of hydrogen-bond acceptors (Lipinski definition) is 1. The third-order valence-electron chi connectivity index (χ3n) is 3.79. The summed E-state index contributed by atoms with van der Waals surface area (Å²) in [5.74, 6) is 0.870. The summed E-state index contributed by atoms with van der Waals surface area (Å²) in [6.45, 7) is 5.76. The van der Waals surface area contributed by atoms with E-state index < -0.39 is 0 Å². The normalized spacial score (nSPS) is 25.6. The molecule has 0 saturated carbocycles. The number of aryl methyl sites for hydroxylation is 2. The summed E-state index contributed by atoms with van der Waals surface area (Å²) in [5, 5.41) is 3.66. The number of piperidine rings is 1. The first-order chi connectivity index (χ1) is 7.75. The van der Waals surface area contributed by atoms with Gasteiger partial charge in [-0.25, -0.2) is 0 Å². The van der Waals surface area contributed by atoms with Gasteiger partial charge in [0.15, 0.2) is 0 Å². The summed E-state index contributed by atoms with van der Waals surface area (Å²) in [6, 6.07) is 9.50. The maximum atomic E-state index is 3.66. The molecule has 1 aliphatic heterocycles. The third kappa shape index (κ3) is 3.08. The van der Waals surface area contributed by atoms with Crippen molar-refractivity contribution in [1.82, 2.24) is 5.32 Å². The minimum atomic E-state index is 0.746. The fraction of sp³-hybridized carbons (Fsp3) is 0.600. The van der Waals surface area contributed by atoms with Crippen LogP contribution >= 0.6 is 0 Å². The Hall–Kier alpha value is -0.820. The van der Waals surface area contributed by atoms with Gasteiger partial charge in [0.25, 0.3) is 0 Å². The molecule has 1 aliphatic rings. The van der Waals surface area contributed by atoms with Gasteiger partial charge in [0.1, 0.15) is 0 Å². The first-order valence-electron chi connectivity index (χ1n) is 6.53. The Labute approximate surface area is 99.3 Å². The van der Waals surface area contributed by atoms with Crippen LogP contribution in [0.3, 0.4) is 0 Å². The second-order valence-corrected chi connectivity index (χ2v) is 5.25. The van der Waals surface area contributed by atoms with Crippen LogP contribution in [0.5, 0.6) is 0 Å². The van der Waals surface area contributed by atoms with Gasteiger partial charge in [0.05, 0.1) is 0 Å². The maximum Gasteiger partial charge on any atom is 0.00704 e. The zero-order valence-corrected chi connectivity index (χ0v) is 10.5. The first-order valence-corrected chi connectivity index (χ1v) is 6.53. The molecule has 0 bridgehead atoms. The predicted octanol–water partition coefficient (Wildman–Crippen LogP) is 3.32. The van der Waals surface area contributed by atoms with E-state index in [2.05, 4.69) is 43.4 Å². The van der Waals surface area contributed by atoms with Gasteiger partial charge in [-0.3, -0.25) is 0 Å². The zero-order valence-electron chi connectivity index (χ0n) is 10.5. The topological polar surface area (TPSA) is 12.0 Å². The maximum absolute atomic E-state index is 3.66. The van der Waals surface area contributed by atoms with E-state index in [1.807, 2.05) is 0 Å². The van der Waals surface area contributed by atoms with Crippen LogP contribution < -0.4 is 5.32 Å². The van der Waals surface area contributed by atoms with Crippen molar-refractivity contribution in [3.05, 3.63) is 35.4 Å². The van der Waals surface area contributed by atoms with Crippen LogP contribution in [-0.2, 0) is 6.42 Å². The number of rotatable bonds is 3. The molecule has 2 rings (SSSR count). The molecule has 1 heterocycles. The lowest BCUT2D eigenvalue weighted by Gasteiger charge is -2.28. The van der Waals surface area contributed by atoms with Crippen LogP contribution in [-0.4, -0.2) is 12.6 Å². The van der Waals surface area contributed by atoms with E-state index in [0.29, 0.717) is 0 Å². The molecule has 16 heavy (non-hydrogen) atoms. The van der Waals surface area contributed by atoms with E-state index in [-0.39, 0.29) is 0 Å². The smallest absolute Gasteiger partial charge is 0.00704 e. The van der Waals surface area contributed by atoms with Crippen molar-refractivity contribution >= 4 is 0 Å². The average Bonchev–Trinajstić information content (AvgIpc) is 2.30. The van der Waals surface area contributed by atoms with Crippen LogP contribution in [0.4, 0.5) is 0 Å². The van der Waals surface area contributed by atoms with E-state index >= 15 is 0 Å². The van der Waals surface area contributed by atoms with Crippen molar-refractivity contribution in [2.75, 3.05) is 6.54 Å². The Morgan fingerprint density at radius 1 is 1.25 bits per heavy atom. The molecule has 1 aromatic carbocycles. The van der Waals surface area contributed by atoms with Crippen molar-refractivity contribution in [3.8, 4) is 0 Å². The van der Waals surface area contributed by atoms with E-state index in [4.69, 9.17) is 0 Å². The van der Waals surface area contributed by atoms with Gasteiger partial charge in [-0.1, -0.05) is 31.2 Å². The van der Waals surface area contributed by atoms with Crippen molar-refractivity contribution in [2.45, 2.75) is 45.6 Å². The highest BCUT2D eigenvalue weighted by atomic mass is 14.9. The highest BCUT2D eigenvalue weighted by molar-refractivity contribution is 5.25. The minimum absolute atomic E-state index is 0.746. The molecule has 1 saturated heterocycles. The molecule has 1 aromatic rings. The molecule has 0 aromatic heterocycles. The van der Waals surface area contributed by atoms with Crippen LogP contribution in [0, 0.1) is 12.8 Å². The lowest BCUT2D eigenvalue weighted by Crippen LogP contribution is -2.38. The predicted molar refractivity (Wildman–Crippen MR) is 69.7 cm³/mol. The molecule has 0 radical (unpaired) electrons. The molecule has 2 unspecified atom stereocenters. The molecule has 0 aliphatic carbocycles. The lowest BCUT2D eigenvalue weighted by molar-refractivity contribution is 0.316. The minimum Gasteiger partial charge on any atom is -0.314 e. The van der Waals surface area contributed by atoms with Crippen LogP contribution in [0.15, 0.2) is 24.3 Å². The van der Waals surface area contributed by atoms with Gasteiger partial charge in [-0.05, 0) is 56.2 Å². The Kier molecular flexibility index (Phi) is 4.00. The quantitative estimate of drug-likeness (QED) is 0.819. The SMILES string of the molecule is Cc1ccccc1CCC1CCC(C)CN1. The monoisotopic (exact) mass is 217 g/mol. The van der Waals surface area contributed by atoms with Crippen molar-refractivity contribution in [1.29, 1.82) is 0 Å². The van der Waals surface area contributed by atoms with Gasteiger partial charge < -0.3 is 5.32 Å². The summed E-state index contributed by atoms with van der Waals surface area (Å²) in [6.07, 6.45) is 5.26. The van der Waals surface area contributed by atoms with E-state index in [9.17, 15) is 0 Å². The van der Waals surface area contributed by atoms with E-state index in [0.717, 1.165) is 12.0 Å². The molecule has 1 N–H and O–H groups in total. The van der Waals surface area contributed by atoms with Gasteiger partial charge in [-0.15, -0.1) is 0 Å². The fourth-order valence-corrected chi connectivity index (χ4v) is 2.52. The second kappa shape index (κ2) is 5.49. The van der Waals surface area contributed by atoms with Crippen molar-refractivity contribution in [3.63, 3.8) is 0 Å². The number of hydrogen-bond donors (Lipinski definition) is 1. The Balaban J connectivity index is 1.81. The molecular weight excluding hydrogens is 194 g/mol. The molecule has 2 atom stereocenters. The van der Waals surface area contributed by atoms with Gasteiger partial charge in [-0.2, -0.15) is 0 Å².